The van der Waals surface area contributed by atoms with Crippen LogP contribution in [0.1, 0.15) is 36.0 Å². The smallest absolute Gasteiger partial charge is 0.111 e. The maximum Gasteiger partial charge on any atom is 0.111 e. The highest BCUT2D eigenvalue weighted by atomic mass is 14.9. The third kappa shape index (κ3) is 3.07. The van der Waals surface area contributed by atoms with Crippen LogP contribution in [-0.2, 0) is 6.42 Å². The number of benzene rings is 3. The van der Waals surface area contributed by atoms with Crippen molar-refractivity contribution in [3.63, 3.8) is 0 Å². The highest BCUT2D eigenvalue weighted by Gasteiger charge is 2.25. The Morgan fingerprint density at radius 1 is 0.714 bits per heavy atom. The lowest BCUT2D eigenvalue weighted by Crippen LogP contribution is -2.14. The van der Waals surface area contributed by atoms with Crippen LogP contribution >= 0.6 is 0 Å². The summed E-state index contributed by atoms with van der Waals surface area (Å²) in [4.78, 5) is 16.8. The minimum absolute atomic E-state index is 0.190. The fourth-order valence-corrected chi connectivity index (χ4v) is 3.96. The van der Waals surface area contributed by atoms with Gasteiger partial charge in [0.1, 0.15) is 11.6 Å². The lowest BCUT2D eigenvalue weighted by atomic mass is 9.84. The molecule has 0 amide bonds. The number of aromatic amines is 2. The van der Waals surface area contributed by atoms with E-state index in [1.807, 2.05) is 30.3 Å². The molecule has 0 saturated carbocycles. The van der Waals surface area contributed by atoms with Gasteiger partial charge in [0.25, 0.3) is 0 Å². The van der Waals surface area contributed by atoms with Gasteiger partial charge in [-0.05, 0) is 35.7 Å². The summed E-state index contributed by atoms with van der Waals surface area (Å²) in [7, 11) is 0. The molecule has 0 fully saturated rings. The van der Waals surface area contributed by atoms with E-state index in [1.54, 1.807) is 0 Å². The van der Waals surface area contributed by atoms with Crippen molar-refractivity contribution < 1.29 is 0 Å². The first kappa shape index (κ1) is 16.8. The maximum atomic E-state index is 4.91. The number of para-hydroxylation sites is 4. The van der Waals surface area contributed by atoms with Crippen molar-refractivity contribution in [3.05, 3.63) is 96.1 Å². The quantitative estimate of drug-likeness (QED) is 0.427. The topological polar surface area (TPSA) is 57.4 Å². The zero-order chi connectivity index (χ0) is 18.9. The average Bonchev–Trinajstić information content (AvgIpc) is 3.35. The van der Waals surface area contributed by atoms with Gasteiger partial charge in [0.15, 0.2) is 0 Å². The van der Waals surface area contributed by atoms with Crippen molar-refractivity contribution in [2.45, 2.75) is 25.2 Å². The fraction of sp³-hybridized carbons (Fsp3) is 0.167. The second-order valence-corrected chi connectivity index (χ2v) is 7.35. The van der Waals surface area contributed by atoms with Crippen LogP contribution in [0.2, 0.25) is 0 Å². The number of nitrogens with one attached hydrogen (secondary N) is 2. The number of H-pyrrole nitrogens is 2. The second-order valence-electron chi connectivity index (χ2n) is 7.35. The van der Waals surface area contributed by atoms with Gasteiger partial charge in [-0.25, -0.2) is 9.97 Å². The number of rotatable bonds is 5. The lowest BCUT2D eigenvalue weighted by Gasteiger charge is -2.22. The molecule has 4 heteroatoms. The number of nitrogens with zero attached hydrogens (tertiary/aromatic N) is 2. The summed E-state index contributed by atoms with van der Waals surface area (Å²) in [5.41, 5.74) is 5.48. The number of hydrogen-bond donors (Lipinski definition) is 2. The molecule has 2 aromatic heterocycles. The Bertz CT molecular complexity index is 1150. The molecule has 3 aromatic carbocycles. The average molecular weight is 366 g/mol. The van der Waals surface area contributed by atoms with Gasteiger partial charge in [-0.3, -0.25) is 0 Å². The summed E-state index contributed by atoms with van der Waals surface area (Å²) in [6.07, 6.45) is 0.796. The van der Waals surface area contributed by atoms with Crippen LogP contribution in [0.25, 0.3) is 22.1 Å². The second kappa shape index (κ2) is 6.97. The first-order valence-electron chi connectivity index (χ1n) is 9.71. The molecule has 5 aromatic rings. The van der Waals surface area contributed by atoms with Crippen LogP contribution in [-0.4, -0.2) is 19.9 Å². The van der Waals surface area contributed by atoms with E-state index < -0.39 is 0 Å². The molecule has 28 heavy (non-hydrogen) atoms. The Hall–Kier alpha value is -3.40. The molecular weight excluding hydrogens is 344 g/mol. The Morgan fingerprint density at radius 3 is 2.00 bits per heavy atom. The number of aromatic nitrogens is 4. The first-order valence-corrected chi connectivity index (χ1v) is 9.71. The van der Waals surface area contributed by atoms with Gasteiger partial charge in [0.2, 0.25) is 0 Å². The van der Waals surface area contributed by atoms with Gasteiger partial charge in [-0.1, -0.05) is 61.5 Å². The van der Waals surface area contributed by atoms with Crippen LogP contribution in [0.4, 0.5) is 0 Å². The van der Waals surface area contributed by atoms with Gasteiger partial charge < -0.3 is 9.97 Å². The molecule has 2 N–H and O–H groups in total. The number of imidazole rings is 2. The van der Waals surface area contributed by atoms with Crippen LogP contribution in [0.15, 0.2) is 78.9 Å². The highest BCUT2D eigenvalue weighted by molar-refractivity contribution is 5.75. The van der Waals surface area contributed by atoms with E-state index in [4.69, 9.17) is 9.97 Å². The molecule has 2 heterocycles. The third-order valence-corrected chi connectivity index (χ3v) is 5.54. The van der Waals surface area contributed by atoms with Gasteiger partial charge in [0, 0.05) is 12.3 Å². The highest BCUT2D eigenvalue weighted by Crippen LogP contribution is 2.34. The molecule has 0 aliphatic carbocycles. The van der Waals surface area contributed by atoms with E-state index in [-0.39, 0.29) is 5.92 Å². The predicted molar refractivity (Wildman–Crippen MR) is 113 cm³/mol. The first-order chi connectivity index (χ1) is 13.8. The molecule has 0 radical (unpaired) electrons. The minimum atomic E-state index is 0.190. The van der Waals surface area contributed by atoms with Crippen molar-refractivity contribution >= 4 is 22.1 Å². The SMILES string of the molecule is C[C@@H](c1ccccc1)[C@@H](Cc1nc2ccccc2[nH]1)c1nc2ccccc2[nH]1. The van der Waals surface area contributed by atoms with Crippen molar-refractivity contribution in [1.29, 1.82) is 0 Å². The van der Waals surface area contributed by atoms with Gasteiger partial charge in [0.05, 0.1) is 22.1 Å². The molecule has 4 nitrogen and oxygen atoms in total. The summed E-state index contributed by atoms with van der Waals surface area (Å²) in [5.74, 6) is 2.50. The van der Waals surface area contributed by atoms with Gasteiger partial charge in [-0.15, -0.1) is 0 Å². The van der Waals surface area contributed by atoms with E-state index in [0.29, 0.717) is 5.92 Å². The summed E-state index contributed by atoms with van der Waals surface area (Å²) >= 11 is 0. The Kier molecular flexibility index (Phi) is 4.17. The van der Waals surface area contributed by atoms with Crippen molar-refractivity contribution in [2.24, 2.45) is 0 Å². The zero-order valence-corrected chi connectivity index (χ0v) is 15.8. The largest absolute Gasteiger partial charge is 0.342 e. The maximum absolute atomic E-state index is 4.91. The molecule has 0 aliphatic heterocycles. The molecule has 0 unspecified atom stereocenters. The zero-order valence-electron chi connectivity index (χ0n) is 15.8. The molecule has 5 rings (SSSR count). The molecule has 0 bridgehead atoms. The number of fused-ring (bicyclic) bond motifs is 2. The van der Waals surface area contributed by atoms with E-state index in [1.165, 1.54) is 5.56 Å². The minimum Gasteiger partial charge on any atom is -0.342 e. The molecule has 2 atom stereocenters. The van der Waals surface area contributed by atoms with E-state index >= 15 is 0 Å². The Morgan fingerprint density at radius 2 is 1.32 bits per heavy atom. The van der Waals surface area contributed by atoms with Crippen LogP contribution in [0, 0.1) is 0 Å². The van der Waals surface area contributed by atoms with Gasteiger partial charge >= 0.3 is 0 Å². The summed E-state index contributed by atoms with van der Waals surface area (Å²) in [6.45, 7) is 2.27. The van der Waals surface area contributed by atoms with Crippen molar-refractivity contribution in [2.75, 3.05) is 0 Å². The Labute approximate surface area is 163 Å². The summed E-state index contributed by atoms with van der Waals surface area (Å²) < 4.78 is 0. The number of hydrogen-bond acceptors (Lipinski definition) is 2. The molecule has 0 saturated heterocycles. The fourth-order valence-electron chi connectivity index (χ4n) is 3.96. The molecule has 138 valence electrons. The van der Waals surface area contributed by atoms with Crippen LogP contribution in [0.3, 0.4) is 0 Å². The monoisotopic (exact) mass is 366 g/mol. The van der Waals surface area contributed by atoms with Crippen LogP contribution < -0.4 is 0 Å². The predicted octanol–water partition coefficient (Wildman–Crippen LogP) is 5.57. The van der Waals surface area contributed by atoms with Crippen molar-refractivity contribution in [1.82, 2.24) is 19.9 Å². The van der Waals surface area contributed by atoms with E-state index in [9.17, 15) is 0 Å². The summed E-state index contributed by atoms with van der Waals surface area (Å²) in [6, 6.07) is 27.0. The van der Waals surface area contributed by atoms with Gasteiger partial charge in [-0.2, -0.15) is 0 Å². The van der Waals surface area contributed by atoms with Crippen LogP contribution in [0.5, 0.6) is 0 Å². The third-order valence-electron chi connectivity index (χ3n) is 5.54. The molecule has 0 spiro atoms. The summed E-state index contributed by atoms with van der Waals surface area (Å²) in [5, 5.41) is 0. The molecule has 0 aliphatic rings. The van der Waals surface area contributed by atoms with E-state index in [0.717, 1.165) is 40.1 Å². The Balaban J connectivity index is 1.57. The standard InChI is InChI=1S/C24H22N4/c1-16(17-9-3-2-4-10-17)18(24-27-21-13-7-8-14-22(21)28-24)15-23-25-19-11-5-6-12-20(19)26-23/h2-14,16,18H,15H2,1H3,(H,25,26)(H,27,28)/t16-,18+/m0/s1. The normalized spacial score (nSPS) is 13.8. The lowest BCUT2D eigenvalue weighted by molar-refractivity contribution is 0.538. The van der Waals surface area contributed by atoms with Crippen molar-refractivity contribution in [3.8, 4) is 0 Å². The molecular formula is C24H22N4. The van der Waals surface area contributed by atoms with E-state index in [2.05, 4.69) is 65.4 Å².